The maximum absolute atomic E-state index is 13.6. The highest BCUT2D eigenvalue weighted by Crippen LogP contribution is 2.32. The highest BCUT2D eigenvalue weighted by atomic mass is 32.1. The van der Waals surface area contributed by atoms with Crippen LogP contribution in [0, 0.1) is 0 Å². The number of aromatic nitrogens is 3. The van der Waals surface area contributed by atoms with E-state index in [1.165, 1.54) is 16.9 Å². The molecular weight excluding hydrogens is 444 g/mol. The van der Waals surface area contributed by atoms with Gasteiger partial charge < -0.3 is 4.74 Å². The number of methoxy groups -OCH3 is 1. The van der Waals surface area contributed by atoms with E-state index < -0.39 is 0 Å². The van der Waals surface area contributed by atoms with Crippen LogP contribution in [0.25, 0.3) is 10.2 Å². The highest BCUT2D eigenvalue weighted by Gasteiger charge is 2.21. The Bertz CT molecular complexity index is 1380. The van der Waals surface area contributed by atoms with Crippen LogP contribution in [-0.4, -0.2) is 34.3 Å². The summed E-state index contributed by atoms with van der Waals surface area (Å²) in [5, 5.41) is 4.94. The van der Waals surface area contributed by atoms with Crippen molar-refractivity contribution < 1.29 is 9.53 Å². The van der Waals surface area contributed by atoms with Crippen molar-refractivity contribution in [3.8, 4) is 5.75 Å². The number of benzene rings is 3. The van der Waals surface area contributed by atoms with Crippen molar-refractivity contribution in [2.75, 3.05) is 18.6 Å². The second-order valence-corrected chi connectivity index (χ2v) is 8.92. The van der Waals surface area contributed by atoms with Crippen molar-refractivity contribution in [2.45, 2.75) is 13.0 Å². The second-order valence-electron chi connectivity index (χ2n) is 7.92. The molecule has 0 radical (unpaired) electrons. The lowest BCUT2D eigenvalue weighted by molar-refractivity contribution is 0.0986. The molecule has 0 saturated carbocycles. The molecule has 0 spiro atoms. The third kappa shape index (κ3) is 4.84. The maximum atomic E-state index is 13.6. The lowest BCUT2D eigenvalue weighted by Gasteiger charge is -2.20. The molecule has 0 saturated heterocycles. The fourth-order valence-corrected chi connectivity index (χ4v) is 4.83. The maximum Gasteiger partial charge on any atom is 0.260 e. The van der Waals surface area contributed by atoms with Crippen molar-refractivity contribution in [3.05, 3.63) is 108 Å². The van der Waals surface area contributed by atoms with Gasteiger partial charge in [-0.05, 0) is 53.9 Å². The fourth-order valence-electron chi connectivity index (χ4n) is 3.81. The molecular formula is C27H24N4O2S. The SMILES string of the molecule is COc1ccc2nc(N(CCn3cccn3)C(=O)c3ccc(Cc4ccccc4)cc3)sc2c1. The molecule has 0 unspecified atom stereocenters. The van der Waals surface area contributed by atoms with E-state index in [4.69, 9.17) is 9.72 Å². The summed E-state index contributed by atoms with van der Waals surface area (Å²) >= 11 is 1.48. The van der Waals surface area contributed by atoms with Crippen LogP contribution in [0.2, 0.25) is 0 Å². The van der Waals surface area contributed by atoms with Crippen LogP contribution in [-0.2, 0) is 13.0 Å². The van der Waals surface area contributed by atoms with Crippen molar-refractivity contribution >= 4 is 32.6 Å². The van der Waals surface area contributed by atoms with Gasteiger partial charge in [-0.25, -0.2) is 4.98 Å². The monoisotopic (exact) mass is 468 g/mol. The molecule has 0 aliphatic heterocycles. The first kappa shape index (κ1) is 21.9. The molecule has 0 atom stereocenters. The molecule has 3 aromatic carbocycles. The predicted octanol–water partition coefficient (Wildman–Crippen LogP) is 5.44. The van der Waals surface area contributed by atoms with E-state index >= 15 is 0 Å². The molecule has 170 valence electrons. The summed E-state index contributed by atoms with van der Waals surface area (Å²) in [6, 6.07) is 25.8. The molecule has 7 heteroatoms. The predicted molar refractivity (Wildman–Crippen MR) is 136 cm³/mol. The van der Waals surface area contributed by atoms with Crippen molar-refractivity contribution in [3.63, 3.8) is 0 Å². The van der Waals surface area contributed by atoms with Gasteiger partial charge in [-0.15, -0.1) is 0 Å². The number of anilines is 1. The summed E-state index contributed by atoms with van der Waals surface area (Å²) in [5.74, 6) is 0.690. The van der Waals surface area contributed by atoms with Crippen molar-refractivity contribution in [1.29, 1.82) is 0 Å². The Morgan fingerprint density at radius 1 is 1.00 bits per heavy atom. The van der Waals surface area contributed by atoms with Gasteiger partial charge in [-0.2, -0.15) is 5.10 Å². The van der Waals surface area contributed by atoms with E-state index in [1.54, 1.807) is 18.2 Å². The van der Waals surface area contributed by atoms with Crippen LogP contribution in [0.5, 0.6) is 5.75 Å². The van der Waals surface area contributed by atoms with Gasteiger partial charge in [0, 0.05) is 24.5 Å². The zero-order chi connectivity index (χ0) is 23.3. The molecule has 0 N–H and O–H groups in total. The van der Waals surface area contributed by atoms with Gasteiger partial charge in [0.2, 0.25) is 0 Å². The minimum atomic E-state index is -0.0792. The molecule has 2 heterocycles. The number of amides is 1. The van der Waals surface area contributed by atoms with Gasteiger partial charge in [0.1, 0.15) is 5.75 Å². The third-order valence-corrected chi connectivity index (χ3v) is 6.67. The molecule has 0 aliphatic rings. The van der Waals surface area contributed by atoms with Gasteiger partial charge >= 0.3 is 0 Å². The first-order chi connectivity index (χ1) is 16.7. The zero-order valence-electron chi connectivity index (χ0n) is 18.8. The molecule has 0 bridgehead atoms. The van der Waals surface area contributed by atoms with E-state index in [0.29, 0.717) is 23.8 Å². The first-order valence-corrected chi connectivity index (χ1v) is 11.9. The standard InChI is InChI=1S/C27H24N4O2S/c1-33-23-12-13-24-25(19-23)34-27(29-24)31(17-16-30-15-5-14-28-30)26(32)22-10-8-21(9-11-22)18-20-6-3-2-4-7-20/h2-15,19H,16-18H2,1H3. The first-order valence-electron chi connectivity index (χ1n) is 11.1. The summed E-state index contributed by atoms with van der Waals surface area (Å²) in [7, 11) is 1.64. The molecule has 0 aliphatic carbocycles. The number of nitrogens with zero attached hydrogens (tertiary/aromatic N) is 4. The quantitative estimate of drug-likeness (QED) is 0.304. The van der Waals surface area contributed by atoms with Crippen LogP contribution in [0.3, 0.4) is 0 Å². The van der Waals surface area contributed by atoms with E-state index in [0.717, 1.165) is 28.0 Å². The number of carbonyl (C=O) groups excluding carboxylic acids is 1. The summed E-state index contributed by atoms with van der Waals surface area (Å²) in [6.07, 6.45) is 4.46. The largest absolute Gasteiger partial charge is 0.497 e. The minimum absolute atomic E-state index is 0.0792. The van der Waals surface area contributed by atoms with Crippen LogP contribution >= 0.6 is 11.3 Å². The summed E-state index contributed by atoms with van der Waals surface area (Å²) in [4.78, 5) is 20.1. The number of hydrogen-bond acceptors (Lipinski definition) is 5. The Hall–Kier alpha value is -3.97. The Morgan fingerprint density at radius 3 is 2.53 bits per heavy atom. The van der Waals surface area contributed by atoms with Crippen LogP contribution < -0.4 is 9.64 Å². The van der Waals surface area contributed by atoms with Gasteiger partial charge in [-0.1, -0.05) is 53.8 Å². The lowest BCUT2D eigenvalue weighted by atomic mass is 10.0. The van der Waals surface area contributed by atoms with E-state index in [-0.39, 0.29) is 5.91 Å². The molecule has 34 heavy (non-hydrogen) atoms. The summed E-state index contributed by atoms with van der Waals surface area (Å²) in [6.45, 7) is 1.04. The van der Waals surface area contributed by atoms with Gasteiger partial charge in [0.25, 0.3) is 5.91 Å². The number of rotatable bonds is 8. The summed E-state index contributed by atoms with van der Waals surface area (Å²) in [5.41, 5.74) is 3.88. The Labute approximate surface area is 202 Å². The van der Waals surface area contributed by atoms with Crippen LogP contribution in [0.4, 0.5) is 5.13 Å². The van der Waals surface area contributed by atoms with Gasteiger partial charge in [-0.3, -0.25) is 14.4 Å². The normalized spacial score (nSPS) is 11.0. The summed E-state index contributed by atoms with van der Waals surface area (Å²) < 4.78 is 8.14. The Morgan fingerprint density at radius 2 is 1.79 bits per heavy atom. The van der Waals surface area contributed by atoms with Crippen molar-refractivity contribution in [1.82, 2.24) is 14.8 Å². The topological polar surface area (TPSA) is 60.2 Å². The fraction of sp³-hybridized carbons (Fsp3) is 0.148. The molecule has 5 aromatic rings. The van der Waals surface area contributed by atoms with Crippen LogP contribution in [0.1, 0.15) is 21.5 Å². The number of carbonyl (C=O) groups is 1. The molecule has 1 amide bonds. The molecule has 0 fully saturated rings. The number of hydrogen-bond donors (Lipinski definition) is 0. The highest BCUT2D eigenvalue weighted by molar-refractivity contribution is 7.22. The molecule has 5 rings (SSSR count). The Balaban J connectivity index is 1.41. The number of fused-ring (bicyclic) bond motifs is 1. The average molecular weight is 469 g/mol. The van der Waals surface area contributed by atoms with E-state index in [9.17, 15) is 4.79 Å². The smallest absolute Gasteiger partial charge is 0.260 e. The minimum Gasteiger partial charge on any atom is -0.497 e. The molecule has 2 aromatic heterocycles. The van der Waals surface area contributed by atoms with E-state index in [1.807, 2.05) is 77.6 Å². The zero-order valence-corrected chi connectivity index (χ0v) is 19.6. The number of thiazole rings is 1. The number of ether oxygens (including phenoxy) is 1. The third-order valence-electron chi connectivity index (χ3n) is 5.62. The van der Waals surface area contributed by atoms with Gasteiger partial charge in [0.15, 0.2) is 5.13 Å². The lowest BCUT2D eigenvalue weighted by Crippen LogP contribution is -2.34. The van der Waals surface area contributed by atoms with Crippen LogP contribution in [0.15, 0.2) is 91.3 Å². The van der Waals surface area contributed by atoms with Gasteiger partial charge in [0.05, 0.1) is 23.9 Å². The second kappa shape index (κ2) is 9.89. The van der Waals surface area contributed by atoms with Crippen molar-refractivity contribution in [2.24, 2.45) is 0 Å². The Kier molecular flexibility index (Phi) is 6.35. The molecule has 6 nitrogen and oxygen atoms in total. The van der Waals surface area contributed by atoms with E-state index in [2.05, 4.69) is 17.2 Å². The average Bonchev–Trinajstić information content (AvgIpc) is 3.54.